The highest BCUT2D eigenvalue weighted by Gasteiger charge is 2.27. The fraction of sp³-hybridized carbons (Fsp3) is 0.250. The number of nitrogens with one attached hydrogen (secondary N) is 1. The Morgan fingerprint density at radius 3 is 2.65 bits per heavy atom. The first-order valence-corrected chi connectivity index (χ1v) is 8.02. The van der Waals surface area contributed by atoms with Crippen LogP contribution in [0.4, 0.5) is 8.78 Å². The molecule has 0 aliphatic rings. The number of aliphatic hydroxyl groups is 1. The first-order valence-electron chi connectivity index (χ1n) is 6.79. The number of hydrogen-bond donors (Lipinski definition) is 2. The summed E-state index contributed by atoms with van der Waals surface area (Å²) in [6, 6.07) is 6.22. The summed E-state index contributed by atoms with van der Waals surface area (Å²) in [5.74, 6) is -2.03. The van der Waals surface area contributed by atoms with Gasteiger partial charge in [-0.15, -0.1) is 11.8 Å². The van der Waals surface area contributed by atoms with Gasteiger partial charge in [0.15, 0.2) is 0 Å². The molecule has 0 aliphatic heterocycles. The van der Waals surface area contributed by atoms with E-state index in [0.717, 1.165) is 17.2 Å². The summed E-state index contributed by atoms with van der Waals surface area (Å²) in [5.41, 5.74) is -1.42. The molecule has 7 heteroatoms. The molecule has 0 saturated carbocycles. The Morgan fingerprint density at radius 2 is 2.09 bits per heavy atom. The first kappa shape index (κ1) is 17.4. The number of hydrogen-bond acceptors (Lipinski definition) is 4. The highest BCUT2D eigenvalue weighted by molar-refractivity contribution is 7.98. The summed E-state index contributed by atoms with van der Waals surface area (Å²) in [5, 5.41) is 13.6. The van der Waals surface area contributed by atoms with E-state index in [1.807, 2.05) is 6.26 Å². The smallest absolute Gasteiger partial charge is 0.252 e. The van der Waals surface area contributed by atoms with Crippen LogP contribution in [0.3, 0.4) is 0 Å². The van der Waals surface area contributed by atoms with Crippen molar-refractivity contribution in [1.29, 1.82) is 0 Å². The lowest BCUT2D eigenvalue weighted by molar-refractivity contribution is 0.0494. The molecule has 0 saturated heterocycles. The van der Waals surface area contributed by atoms with E-state index in [0.29, 0.717) is 11.6 Å². The number of aromatic nitrogens is 1. The van der Waals surface area contributed by atoms with Gasteiger partial charge in [0.1, 0.15) is 17.2 Å². The van der Waals surface area contributed by atoms with E-state index in [9.17, 15) is 18.7 Å². The van der Waals surface area contributed by atoms with Crippen molar-refractivity contribution in [3.05, 3.63) is 59.3 Å². The zero-order chi connectivity index (χ0) is 17.0. The molecule has 1 heterocycles. The molecule has 0 spiro atoms. The largest absolute Gasteiger partial charge is 0.383 e. The molecule has 1 aromatic carbocycles. The number of nitrogens with zero attached hydrogens (tertiary/aromatic N) is 1. The molecule has 0 aliphatic carbocycles. The molecule has 2 rings (SSSR count). The summed E-state index contributed by atoms with van der Waals surface area (Å²) in [6.45, 7) is 1.12. The van der Waals surface area contributed by atoms with Gasteiger partial charge >= 0.3 is 0 Å². The third-order valence-corrected chi connectivity index (χ3v) is 3.97. The monoisotopic (exact) mass is 338 g/mol. The Kier molecular flexibility index (Phi) is 5.33. The minimum absolute atomic E-state index is 0.0879. The lowest BCUT2D eigenvalue weighted by Gasteiger charge is -2.24. The van der Waals surface area contributed by atoms with Gasteiger partial charge in [0.25, 0.3) is 5.91 Å². The predicted octanol–water partition coefficient (Wildman–Crippen LogP) is 2.72. The first-order chi connectivity index (χ1) is 10.8. The van der Waals surface area contributed by atoms with Crippen molar-refractivity contribution >= 4 is 17.7 Å². The van der Waals surface area contributed by atoms with Crippen molar-refractivity contribution in [2.75, 3.05) is 12.8 Å². The lowest BCUT2D eigenvalue weighted by atomic mass is 9.95. The van der Waals surface area contributed by atoms with Crippen LogP contribution in [-0.4, -0.2) is 28.8 Å². The number of carbonyl (C=O) groups excluding carboxylic acids is 1. The van der Waals surface area contributed by atoms with Crippen LogP contribution in [-0.2, 0) is 5.60 Å². The Bertz CT molecular complexity index is 706. The molecule has 4 nitrogen and oxygen atoms in total. The van der Waals surface area contributed by atoms with E-state index in [2.05, 4.69) is 10.3 Å². The highest BCUT2D eigenvalue weighted by atomic mass is 32.2. The van der Waals surface area contributed by atoms with Gasteiger partial charge in [-0.2, -0.15) is 0 Å². The molecular formula is C16H16F2N2O2S. The van der Waals surface area contributed by atoms with Crippen LogP contribution in [0.15, 0.2) is 41.6 Å². The Balaban J connectivity index is 2.07. The number of halogens is 2. The van der Waals surface area contributed by atoms with Gasteiger partial charge in [-0.05, 0) is 31.4 Å². The number of pyridine rings is 1. The number of benzene rings is 1. The maximum absolute atomic E-state index is 13.8. The van der Waals surface area contributed by atoms with Crippen molar-refractivity contribution in [3.63, 3.8) is 0 Å². The summed E-state index contributed by atoms with van der Waals surface area (Å²) in [4.78, 5) is 16.1. The zero-order valence-corrected chi connectivity index (χ0v) is 13.5. The average Bonchev–Trinajstić information content (AvgIpc) is 2.52. The minimum atomic E-state index is -1.67. The van der Waals surface area contributed by atoms with E-state index in [1.54, 1.807) is 12.1 Å². The quantitative estimate of drug-likeness (QED) is 0.823. The van der Waals surface area contributed by atoms with Gasteiger partial charge in [-0.3, -0.25) is 4.79 Å². The predicted molar refractivity (Wildman–Crippen MR) is 84.3 cm³/mol. The SMILES string of the molecule is CSc1ccc(C(=O)NCC(C)(O)c2ccc(F)cc2F)cn1. The molecular weight excluding hydrogens is 322 g/mol. The van der Waals surface area contributed by atoms with Gasteiger partial charge in [-0.25, -0.2) is 13.8 Å². The molecule has 0 fully saturated rings. The van der Waals surface area contributed by atoms with E-state index >= 15 is 0 Å². The topological polar surface area (TPSA) is 62.2 Å². The normalized spacial score (nSPS) is 13.4. The molecule has 1 aromatic heterocycles. The number of rotatable bonds is 5. The molecule has 1 amide bonds. The van der Waals surface area contributed by atoms with Crippen LogP contribution < -0.4 is 5.32 Å². The summed E-state index contributed by atoms with van der Waals surface area (Å²) in [7, 11) is 0. The minimum Gasteiger partial charge on any atom is -0.383 e. The van der Waals surface area contributed by atoms with Gasteiger partial charge < -0.3 is 10.4 Å². The maximum Gasteiger partial charge on any atom is 0.252 e. The lowest BCUT2D eigenvalue weighted by Crippen LogP contribution is -2.39. The van der Waals surface area contributed by atoms with E-state index < -0.39 is 23.1 Å². The fourth-order valence-electron chi connectivity index (χ4n) is 2.01. The highest BCUT2D eigenvalue weighted by Crippen LogP contribution is 2.23. The van der Waals surface area contributed by atoms with Gasteiger partial charge in [0.05, 0.1) is 17.1 Å². The standard InChI is InChI=1S/C16H16F2N2O2S/c1-16(22,12-5-4-11(17)7-13(12)18)9-20-15(21)10-3-6-14(23-2)19-8-10/h3-8,22H,9H2,1-2H3,(H,20,21). The van der Waals surface area contributed by atoms with Gasteiger partial charge in [-0.1, -0.05) is 6.07 Å². The van der Waals surface area contributed by atoms with Crippen molar-refractivity contribution in [2.24, 2.45) is 0 Å². The molecule has 1 atom stereocenters. The number of thioether (sulfide) groups is 1. The fourth-order valence-corrected chi connectivity index (χ4v) is 2.37. The van der Waals surface area contributed by atoms with Crippen LogP contribution >= 0.6 is 11.8 Å². The molecule has 0 bridgehead atoms. The Labute approximate surface area is 136 Å². The Morgan fingerprint density at radius 1 is 1.35 bits per heavy atom. The molecule has 23 heavy (non-hydrogen) atoms. The number of amides is 1. The molecule has 2 aromatic rings. The van der Waals surface area contributed by atoms with E-state index in [4.69, 9.17) is 0 Å². The van der Waals surface area contributed by atoms with Crippen LogP contribution in [0, 0.1) is 11.6 Å². The van der Waals surface area contributed by atoms with E-state index in [-0.39, 0.29) is 12.1 Å². The second-order valence-corrected chi connectivity index (χ2v) is 6.00. The average molecular weight is 338 g/mol. The second-order valence-electron chi connectivity index (χ2n) is 5.17. The van der Waals surface area contributed by atoms with Crippen molar-refractivity contribution < 1.29 is 18.7 Å². The molecule has 2 N–H and O–H groups in total. The van der Waals surface area contributed by atoms with Crippen molar-refractivity contribution in [1.82, 2.24) is 10.3 Å². The number of carbonyl (C=O) groups is 1. The van der Waals surface area contributed by atoms with Crippen LogP contribution in [0.1, 0.15) is 22.8 Å². The molecule has 122 valence electrons. The Hall–Kier alpha value is -1.99. The molecule has 1 unspecified atom stereocenters. The van der Waals surface area contributed by atoms with Crippen molar-refractivity contribution in [2.45, 2.75) is 17.6 Å². The summed E-state index contributed by atoms with van der Waals surface area (Å²) >= 11 is 1.45. The van der Waals surface area contributed by atoms with Gasteiger partial charge in [0, 0.05) is 17.8 Å². The third-order valence-electron chi connectivity index (χ3n) is 3.31. The second kappa shape index (κ2) is 7.06. The third kappa shape index (κ3) is 4.27. The summed E-state index contributed by atoms with van der Waals surface area (Å²) < 4.78 is 26.7. The van der Waals surface area contributed by atoms with Crippen LogP contribution in [0.5, 0.6) is 0 Å². The maximum atomic E-state index is 13.8. The molecule has 0 radical (unpaired) electrons. The van der Waals surface area contributed by atoms with E-state index in [1.165, 1.54) is 24.9 Å². The van der Waals surface area contributed by atoms with Crippen molar-refractivity contribution in [3.8, 4) is 0 Å². The summed E-state index contributed by atoms with van der Waals surface area (Å²) in [6.07, 6.45) is 3.30. The zero-order valence-electron chi connectivity index (χ0n) is 12.6. The van der Waals surface area contributed by atoms with Crippen LogP contribution in [0.25, 0.3) is 0 Å². The van der Waals surface area contributed by atoms with Gasteiger partial charge in [0.2, 0.25) is 0 Å². The van der Waals surface area contributed by atoms with Crippen LogP contribution in [0.2, 0.25) is 0 Å².